The molecule has 1 heterocycles. The van der Waals surface area contributed by atoms with E-state index in [1.807, 2.05) is 0 Å². The molecule has 1 saturated heterocycles. The molecule has 0 spiro atoms. The Morgan fingerprint density at radius 1 is 1.40 bits per heavy atom. The minimum absolute atomic E-state index is 0.159. The number of nitro groups is 1. The summed E-state index contributed by atoms with van der Waals surface area (Å²) in [5.74, 6) is -2.91. The number of thioether (sulfide) groups is 1. The van der Waals surface area contributed by atoms with E-state index < -0.39 is 47.9 Å². The van der Waals surface area contributed by atoms with Gasteiger partial charge in [-0.25, -0.2) is 0 Å². The summed E-state index contributed by atoms with van der Waals surface area (Å²) < 4.78 is 39.5. The zero-order valence-corrected chi connectivity index (χ0v) is 13.7. The van der Waals surface area contributed by atoms with Gasteiger partial charge >= 0.3 is 12.1 Å². The maximum atomic E-state index is 13.2. The first-order valence-electron chi connectivity index (χ1n) is 6.95. The number of benzene rings is 1. The van der Waals surface area contributed by atoms with Gasteiger partial charge < -0.3 is 10.0 Å². The second kappa shape index (κ2) is 6.54. The SMILES string of the molecule is CSc1ccc(C(=O)N2CCC(C(=O)O)(C(F)(F)F)C2)cc1[N+](=O)[O-]. The number of alkyl halides is 3. The molecule has 0 aromatic heterocycles. The Balaban J connectivity index is 2.33. The van der Waals surface area contributed by atoms with Crippen LogP contribution in [0.15, 0.2) is 23.1 Å². The van der Waals surface area contributed by atoms with E-state index in [1.54, 1.807) is 6.26 Å². The first kappa shape index (κ1) is 19.0. The van der Waals surface area contributed by atoms with E-state index in [1.165, 1.54) is 12.1 Å². The monoisotopic (exact) mass is 378 g/mol. The summed E-state index contributed by atoms with van der Waals surface area (Å²) in [5.41, 5.74) is -3.51. The lowest BCUT2D eigenvalue weighted by Crippen LogP contribution is -2.47. The first-order valence-corrected chi connectivity index (χ1v) is 8.18. The topological polar surface area (TPSA) is 101 Å². The van der Waals surface area contributed by atoms with Crippen LogP contribution in [0.2, 0.25) is 0 Å². The second-order valence-electron chi connectivity index (χ2n) is 5.51. The number of nitro benzene ring substituents is 1. The van der Waals surface area contributed by atoms with Crippen molar-refractivity contribution in [2.75, 3.05) is 19.3 Å². The molecule has 1 atom stereocenters. The van der Waals surface area contributed by atoms with Crippen LogP contribution in [0, 0.1) is 15.5 Å². The van der Waals surface area contributed by atoms with Gasteiger partial charge in [0.05, 0.1) is 9.82 Å². The number of amides is 1. The molecule has 2 rings (SSSR count). The van der Waals surface area contributed by atoms with Gasteiger partial charge in [-0.2, -0.15) is 13.2 Å². The maximum Gasteiger partial charge on any atom is 0.406 e. The zero-order chi connectivity index (χ0) is 19.0. The number of carbonyl (C=O) groups excluding carboxylic acids is 1. The Morgan fingerprint density at radius 2 is 2.04 bits per heavy atom. The molecule has 1 N–H and O–H groups in total. The minimum atomic E-state index is -5.01. The number of carboxylic acids is 1. The minimum Gasteiger partial charge on any atom is -0.481 e. The van der Waals surface area contributed by atoms with Gasteiger partial charge in [0.2, 0.25) is 0 Å². The summed E-state index contributed by atoms with van der Waals surface area (Å²) in [5, 5.41) is 20.0. The van der Waals surface area contributed by atoms with E-state index in [9.17, 15) is 32.9 Å². The summed E-state index contributed by atoms with van der Waals surface area (Å²) >= 11 is 1.09. The Hall–Kier alpha value is -2.30. The van der Waals surface area contributed by atoms with Crippen molar-refractivity contribution < 1.29 is 32.8 Å². The fourth-order valence-electron chi connectivity index (χ4n) is 2.66. The largest absolute Gasteiger partial charge is 0.481 e. The van der Waals surface area contributed by atoms with Gasteiger partial charge in [0, 0.05) is 24.7 Å². The Morgan fingerprint density at radius 3 is 2.48 bits per heavy atom. The van der Waals surface area contributed by atoms with Crippen LogP contribution in [-0.4, -0.2) is 52.3 Å². The molecule has 1 aromatic rings. The molecule has 0 aliphatic carbocycles. The number of halogens is 3. The van der Waals surface area contributed by atoms with Gasteiger partial charge in [-0.15, -0.1) is 11.8 Å². The third kappa shape index (κ3) is 3.28. The van der Waals surface area contributed by atoms with Crippen LogP contribution in [0.4, 0.5) is 18.9 Å². The standard InChI is InChI=1S/C14H13F3N2O5S/c1-25-10-3-2-8(6-9(10)19(23)24)11(20)18-5-4-13(7-18,12(21)22)14(15,16)17/h2-3,6H,4-5,7H2,1H3,(H,21,22). The molecule has 1 amide bonds. The number of hydrogen-bond acceptors (Lipinski definition) is 5. The fraction of sp³-hybridized carbons (Fsp3) is 0.429. The summed E-state index contributed by atoms with van der Waals surface area (Å²) in [7, 11) is 0. The van der Waals surface area contributed by atoms with E-state index in [2.05, 4.69) is 0 Å². The highest BCUT2D eigenvalue weighted by Crippen LogP contribution is 2.46. The van der Waals surface area contributed by atoms with Crippen LogP contribution in [-0.2, 0) is 4.79 Å². The number of nitrogens with zero attached hydrogens (tertiary/aromatic N) is 2. The van der Waals surface area contributed by atoms with Crippen molar-refractivity contribution >= 4 is 29.3 Å². The van der Waals surface area contributed by atoms with E-state index >= 15 is 0 Å². The molecule has 1 aliphatic rings. The quantitative estimate of drug-likeness (QED) is 0.491. The van der Waals surface area contributed by atoms with Crippen LogP contribution in [0.1, 0.15) is 16.8 Å². The van der Waals surface area contributed by atoms with Gasteiger partial charge in [0.25, 0.3) is 11.6 Å². The molecular weight excluding hydrogens is 365 g/mol. The van der Waals surface area contributed by atoms with Gasteiger partial charge in [0.1, 0.15) is 0 Å². The van der Waals surface area contributed by atoms with Crippen LogP contribution >= 0.6 is 11.8 Å². The highest BCUT2D eigenvalue weighted by Gasteiger charge is 2.64. The molecule has 7 nitrogen and oxygen atoms in total. The van der Waals surface area contributed by atoms with E-state index in [4.69, 9.17) is 5.11 Å². The molecule has 11 heteroatoms. The zero-order valence-electron chi connectivity index (χ0n) is 12.9. The molecule has 1 unspecified atom stereocenters. The Bertz CT molecular complexity index is 740. The summed E-state index contributed by atoms with van der Waals surface area (Å²) in [6.07, 6.45) is -4.17. The van der Waals surface area contributed by atoms with Crippen molar-refractivity contribution in [2.24, 2.45) is 5.41 Å². The number of likely N-dealkylation sites (tertiary alicyclic amines) is 1. The van der Waals surface area contributed by atoms with Crippen LogP contribution in [0.5, 0.6) is 0 Å². The lowest BCUT2D eigenvalue weighted by Gasteiger charge is -2.27. The lowest BCUT2D eigenvalue weighted by molar-refractivity contribution is -0.387. The lowest BCUT2D eigenvalue weighted by atomic mass is 9.86. The smallest absolute Gasteiger partial charge is 0.406 e. The van der Waals surface area contributed by atoms with E-state index in [0.717, 1.165) is 22.7 Å². The molecule has 25 heavy (non-hydrogen) atoms. The molecular formula is C14H13F3N2O5S. The molecule has 1 fully saturated rings. The van der Waals surface area contributed by atoms with Crippen LogP contribution in [0.25, 0.3) is 0 Å². The highest BCUT2D eigenvalue weighted by atomic mass is 32.2. The van der Waals surface area contributed by atoms with Gasteiger partial charge in [0.15, 0.2) is 5.41 Å². The number of carboxylic acid groups (broad SMARTS) is 1. The normalized spacial score (nSPS) is 20.6. The third-order valence-electron chi connectivity index (χ3n) is 4.13. The first-order chi connectivity index (χ1) is 11.5. The average Bonchev–Trinajstić information content (AvgIpc) is 3.00. The van der Waals surface area contributed by atoms with Crippen molar-refractivity contribution in [1.82, 2.24) is 4.90 Å². The maximum absolute atomic E-state index is 13.2. The van der Waals surface area contributed by atoms with E-state index in [-0.39, 0.29) is 11.3 Å². The van der Waals surface area contributed by atoms with Crippen molar-refractivity contribution in [1.29, 1.82) is 0 Å². The molecule has 0 bridgehead atoms. The van der Waals surface area contributed by atoms with Gasteiger partial charge in [-0.05, 0) is 24.8 Å². The summed E-state index contributed by atoms with van der Waals surface area (Å²) in [6.45, 7) is -1.43. The predicted molar refractivity (Wildman–Crippen MR) is 81.5 cm³/mol. The number of rotatable bonds is 4. The third-order valence-corrected chi connectivity index (χ3v) is 4.92. The summed E-state index contributed by atoms with van der Waals surface area (Å²) in [4.78, 5) is 35.0. The fourth-order valence-corrected chi connectivity index (χ4v) is 3.21. The summed E-state index contributed by atoms with van der Waals surface area (Å²) in [6, 6.07) is 3.60. The predicted octanol–water partition coefficient (Wildman–Crippen LogP) is 2.80. The average molecular weight is 378 g/mol. The molecule has 0 radical (unpaired) electrons. The van der Waals surface area contributed by atoms with Crippen molar-refractivity contribution in [3.63, 3.8) is 0 Å². The highest BCUT2D eigenvalue weighted by molar-refractivity contribution is 7.98. The van der Waals surface area contributed by atoms with Crippen molar-refractivity contribution in [3.05, 3.63) is 33.9 Å². The molecule has 1 aromatic carbocycles. The van der Waals surface area contributed by atoms with E-state index in [0.29, 0.717) is 4.90 Å². The van der Waals surface area contributed by atoms with Crippen molar-refractivity contribution in [2.45, 2.75) is 17.5 Å². The second-order valence-corrected chi connectivity index (χ2v) is 6.35. The van der Waals surface area contributed by atoms with Crippen molar-refractivity contribution in [3.8, 4) is 0 Å². The molecule has 136 valence electrons. The van der Waals surface area contributed by atoms with Gasteiger partial charge in [-0.1, -0.05) is 0 Å². The van der Waals surface area contributed by atoms with Crippen LogP contribution in [0.3, 0.4) is 0 Å². The van der Waals surface area contributed by atoms with Gasteiger partial charge in [-0.3, -0.25) is 19.7 Å². The van der Waals surface area contributed by atoms with Crippen LogP contribution < -0.4 is 0 Å². The molecule has 0 saturated carbocycles. The number of aliphatic carboxylic acids is 1. The molecule has 1 aliphatic heterocycles. The number of carbonyl (C=O) groups is 2. The number of hydrogen-bond donors (Lipinski definition) is 1. The Kier molecular flexibility index (Phi) is 4.98. The Labute approximate surface area is 143 Å².